The van der Waals surface area contributed by atoms with Gasteiger partial charge in [-0.3, -0.25) is 10.1 Å². The minimum absolute atomic E-state index is 0.139. The fraction of sp³-hybridized carbons (Fsp3) is 0.0556. The van der Waals surface area contributed by atoms with Crippen molar-refractivity contribution in [2.75, 3.05) is 12.4 Å². The number of thiocarbonyl (C=S) groups is 1. The van der Waals surface area contributed by atoms with E-state index in [1.165, 1.54) is 13.2 Å². The molecule has 128 valence electrons. The Labute approximate surface area is 155 Å². The average molecular weight is 375 g/mol. The van der Waals surface area contributed by atoms with Crippen molar-refractivity contribution in [1.29, 1.82) is 0 Å². The summed E-state index contributed by atoms with van der Waals surface area (Å²) in [6.07, 6.45) is 2.95. The smallest absolute Gasteiger partial charge is 0.337 e. The normalized spacial score (nSPS) is 10.3. The molecule has 0 aromatic heterocycles. The first-order valence-electron chi connectivity index (χ1n) is 7.22. The molecule has 7 heteroatoms. The van der Waals surface area contributed by atoms with Gasteiger partial charge in [0.05, 0.1) is 12.7 Å². The number of ether oxygens (including phenoxy) is 1. The quantitative estimate of drug-likeness (QED) is 0.485. The van der Waals surface area contributed by atoms with E-state index in [0.29, 0.717) is 16.3 Å². The van der Waals surface area contributed by atoms with Crippen molar-refractivity contribution in [3.8, 4) is 0 Å². The third kappa shape index (κ3) is 5.70. The number of esters is 1. The van der Waals surface area contributed by atoms with Crippen LogP contribution in [-0.2, 0) is 9.53 Å². The number of halogens is 1. The molecule has 0 bridgehead atoms. The summed E-state index contributed by atoms with van der Waals surface area (Å²) in [5, 5.41) is 6.07. The number of anilines is 1. The number of carbonyl (C=O) groups is 2. The van der Waals surface area contributed by atoms with Gasteiger partial charge in [-0.15, -0.1) is 0 Å². The molecule has 0 spiro atoms. The molecule has 25 heavy (non-hydrogen) atoms. The molecule has 0 aliphatic rings. The van der Waals surface area contributed by atoms with Gasteiger partial charge in [-0.1, -0.05) is 29.8 Å². The highest BCUT2D eigenvalue weighted by molar-refractivity contribution is 7.80. The molecule has 0 fully saturated rings. The lowest BCUT2D eigenvalue weighted by atomic mass is 10.2. The van der Waals surface area contributed by atoms with Crippen LogP contribution in [0, 0.1) is 0 Å². The van der Waals surface area contributed by atoms with Gasteiger partial charge in [-0.25, -0.2) is 4.79 Å². The van der Waals surface area contributed by atoms with Crippen LogP contribution in [0.1, 0.15) is 15.9 Å². The first-order chi connectivity index (χ1) is 12.0. The maximum Gasteiger partial charge on any atom is 0.337 e. The Bertz CT molecular complexity index is 819. The van der Waals surface area contributed by atoms with E-state index in [9.17, 15) is 9.59 Å². The molecule has 0 radical (unpaired) electrons. The molecule has 0 aliphatic carbocycles. The number of hydrogen-bond acceptors (Lipinski definition) is 4. The summed E-state index contributed by atoms with van der Waals surface area (Å²) in [7, 11) is 1.31. The summed E-state index contributed by atoms with van der Waals surface area (Å²) in [6.45, 7) is 0. The SMILES string of the molecule is COC(=O)c1ccc(NC(=S)NC(=O)C=Cc2ccccc2Cl)cc1. The number of methoxy groups -OCH3 is 1. The number of nitrogens with one attached hydrogen (secondary N) is 2. The molecular formula is C18H15ClN2O3S. The number of hydrogen-bond donors (Lipinski definition) is 2. The summed E-state index contributed by atoms with van der Waals surface area (Å²) in [6, 6.07) is 13.7. The van der Waals surface area contributed by atoms with E-state index < -0.39 is 5.97 Å². The van der Waals surface area contributed by atoms with Gasteiger partial charge in [0.2, 0.25) is 5.91 Å². The standard InChI is InChI=1S/C18H15ClN2O3S/c1-24-17(23)13-6-9-14(10-7-13)20-18(25)21-16(22)11-8-12-4-2-3-5-15(12)19/h2-11H,1H3,(H2,20,21,22,25). The summed E-state index contributed by atoms with van der Waals surface area (Å²) < 4.78 is 4.62. The van der Waals surface area contributed by atoms with Crippen LogP contribution in [0.25, 0.3) is 6.08 Å². The second kappa shape index (κ2) is 8.96. The Morgan fingerprint density at radius 3 is 2.44 bits per heavy atom. The molecular weight excluding hydrogens is 360 g/mol. The molecule has 0 saturated heterocycles. The Morgan fingerprint density at radius 2 is 1.80 bits per heavy atom. The van der Waals surface area contributed by atoms with E-state index in [1.807, 2.05) is 12.1 Å². The number of carbonyl (C=O) groups excluding carboxylic acids is 2. The highest BCUT2D eigenvalue weighted by atomic mass is 35.5. The highest BCUT2D eigenvalue weighted by Gasteiger charge is 2.06. The van der Waals surface area contributed by atoms with Gasteiger partial charge in [0.15, 0.2) is 5.11 Å². The molecule has 2 rings (SSSR count). The van der Waals surface area contributed by atoms with Crippen LogP contribution in [0.2, 0.25) is 5.02 Å². The van der Waals surface area contributed by atoms with Crippen LogP contribution in [0.3, 0.4) is 0 Å². The average Bonchev–Trinajstić information content (AvgIpc) is 2.61. The molecule has 2 N–H and O–H groups in total. The first kappa shape index (κ1) is 18.6. The predicted molar refractivity (Wildman–Crippen MR) is 103 cm³/mol. The molecule has 1 amide bonds. The van der Waals surface area contributed by atoms with Crippen LogP contribution >= 0.6 is 23.8 Å². The van der Waals surface area contributed by atoms with Crippen molar-refractivity contribution < 1.29 is 14.3 Å². The van der Waals surface area contributed by atoms with Gasteiger partial charge in [0.25, 0.3) is 0 Å². The third-order valence-electron chi connectivity index (χ3n) is 3.12. The Kier molecular flexibility index (Phi) is 6.68. The second-order valence-corrected chi connectivity index (χ2v) is 5.68. The summed E-state index contributed by atoms with van der Waals surface area (Å²) >= 11 is 11.1. The Balaban J connectivity index is 1.90. The monoisotopic (exact) mass is 374 g/mol. The van der Waals surface area contributed by atoms with Crippen molar-refractivity contribution in [3.05, 3.63) is 70.8 Å². The van der Waals surface area contributed by atoms with Crippen LogP contribution < -0.4 is 10.6 Å². The van der Waals surface area contributed by atoms with Crippen molar-refractivity contribution >= 4 is 52.6 Å². The van der Waals surface area contributed by atoms with Crippen LogP contribution in [0.15, 0.2) is 54.6 Å². The lowest BCUT2D eigenvalue weighted by molar-refractivity contribution is -0.115. The number of rotatable bonds is 4. The summed E-state index contributed by atoms with van der Waals surface area (Å²) in [5.41, 5.74) is 1.79. The van der Waals surface area contributed by atoms with Crippen molar-refractivity contribution in [1.82, 2.24) is 5.32 Å². The molecule has 0 saturated carbocycles. The zero-order valence-corrected chi connectivity index (χ0v) is 14.9. The highest BCUT2D eigenvalue weighted by Crippen LogP contribution is 2.16. The van der Waals surface area contributed by atoms with Gasteiger partial charge in [0, 0.05) is 16.8 Å². The number of amides is 1. The Morgan fingerprint density at radius 1 is 1.12 bits per heavy atom. The molecule has 0 heterocycles. The first-order valence-corrected chi connectivity index (χ1v) is 8.01. The zero-order chi connectivity index (χ0) is 18.2. The molecule has 0 atom stereocenters. The summed E-state index contributed by atoms with van der Waals surface area (Å²) in [4.78, 5) is 23.2. The van der Waals surface area contributed by atoms with Gasteiger partial charge >= 0.3 is 5.97 Å². The number of benzene rings is 2. The zero-order valence-electron chi connectivity index (χ0n) is 13.3. The van der Waals surface area contributed by atoms with E-state index in [-0.39, 0.29) is 11.0 Å². The van der Waals surface area contributed by atoms with Gasteiger partial charge < -0.3 is 10.1 Å². The largest absolute Gasteiger partial charge is 0.465 e. The topological polar surface area (TPSA) is 67.4 Å². The van der Waals surface area contributed by atoms with E-state index in [1.54, 1.807) is 42.5 Å². The van der Waals surface area contributed by atoms with Crippen LogP contribution in [-0.4, -0.2) is 24.1 Å². The third-order valence-corrected chi connectivity index (χ3v) is 3.67. The van der Waals surface area contributed by atoms with E-state index in [2.05, 4.69) is 15.4 Å². The lowest BCUT2D eigenvalue weighted by Crippen LogP contribution is -2.32. The van der Waals surface area contributed by atoms with Crippen molar-refractivity contribution in [2.24, 2.45) is 0 Å². The van der Waals surface area contributed by atoms with E-state index in [0.717, 1.165) is 5.56 Å². The molecule has 5 nitrogen and oxygen atoms in total. The molecule has 2 aromatic carbocycles. The van der Waals surface area contributed by atoms with Crippen molar-refractivity contribution in [2.45, 2.75) is 0 Å². The van der Waals surface area contributed by atoms with E-state index in [4.69, 9.17) is 23.8 Å². The summed E-state index contributed by atoms with van der Waals surface area (Å²) in [5.74, 6) is -0.810. The second-order valence-electron chi connectivity index (χ2n) is 4.87. The fourth-order valence-corrected chi connectivity index (χ4v) is 2.32. The lowest BCUT2D eigenvalue weighted by Gasteiger charge is -2.08. The molecule has 0 aliphatic heterocycles. The maximum atomic E-state index is 11.9. The minimum Gasteiger partial charge on any atom is -0.465 e. The minimum atomic E-state index is -0.424. The van der Waals surface area contributed by atoms with Gasteiger partial charge in [-0.2, -0.15) is 0 Å². The van der Waals surface area contributed by atoms with Gasteiger partial charge in [-0.05, 0) is 54.2 Å². The van der Waals surface area contributed by atoms with Crippen LogP contribution in [0.4, 0.5) is 5.69 Å². The van der Waals surface area contributed by atoms with Gasteiger partial charge in [0.1, 0.15) is 0 Å². The Hall–Kier alpha value is -2.70. The molecule has 0 unspecified atom stereocenters. The van der Waals surface area contributed by atoms with E-state index >= 15 is 0 Å². The predicted octanol–water partition coefficient (Wildman–Crippen LogP) is 3.65. The fourth-order valence-electron chi connectivity index (χ4n) is 1.90. The van der Waals surface area contributed by atoms with Crippen LogP contribution in [0.5, 0.6) is 0 Å². The maximum absolute atomic E-state index is 11.9. The molecule has 2 aromatic rings. The van der Waals surface area contributed by atoms with Crippen molar-refractivity contribution in [3.63, 3.8) is 0 Å².